The first-order valence-corrected chi connectivity index (χ1v) is 8.52. The molecule has 6 nitrogen and oxygen atoms in total. The van der Waals surface area contributed by atoms with Crippen LogP contribution in [-0.2, 0) is 4.79 Å². The van der Waals surface area contributed by atoms with Crippen LogP contribution in [0.2, 0.25) is 0 Å². The molecule has 2 N–H and O–H groups in total. The summed E-state index contributed by atoms with van der Waals surface area (Å²) in [6, 6.07) is 6.98. The summed E-state index contributed by atoms with van der Waals surface area (Å²) in [5.41, 5.74) is 2.04. The van der Waals surface area contributed by atoms with Crippen LogP contribution in [0.5, 0.6) is 0 Å². The van der Waals surface area contributed by atoms with E-state index in [-0.39, 0.29) is 17.1 Å². The largest absolute Gasteiger partial charge is 0.352 e. The zero-order valence-electron chi connectivity index (χ0n) is 13.9. The fraction of sp³-hybridized carbons (Fsp3) is 0.294. The fourth-order valence-electron chi connectivity index (χ4n) is 1.95. The zero-order valence-corrected chi connectivity index (χ0v) is 14.7. The second-order valence-corrected chi connectivity index (χ2v) is 6.48. The summed E-state index contributed by atoms with van der Waals surface area (Å²) in [4.78, 5) is 32.5. The highest BCUT2D eigenvalue weighted by atomic mass is 32.2. The number of amides is 2. The van der Waals surface area contributed by atoms with E-state index in [0.29, 0.717) is 23.0 Å². The molecule has 2 amide bonds. The Hall–Kier alpha value is -2.41. The molecule has 0 unspecified atom stereocenters. The molecule has 2 rings (SSSR count). The molecule has 0 aliphatic heterocycles. The molecule has 24 heavy (non-hydrogen) atoms. The lowest BCUT2D eigenvalue weighted by Crippen LogP contribution is -2.25. The maximum atomic E-state index is 12.4. The molecular formula is C17H20N4O2S. The summed E-state index contributed by atoms with van der Waals surface area (Å²) in [7, 11) is 0. The van der Waals surface area contributed by atoms with Gasteiger partial charge in [0.1, 0.15) is 0 Å². The number of rotatable bonds is 6. The van der Waals surface area contributed by atoms with Crippen LogP contribution in [0.25, 0.3) is 0 Å². The van der Waals surface area contributed by atoms with E-state index in [2.05, 4.69) is 20.6 Å². The van der Waals surface area contributed by atoms with Gasteiger partial charge in [0.2, 0.25) is 5.91 Å². The molecule has 2 aromatic rings. The molecule has 0 aliphatic rings. The first kappa shape index (κ1) is 17.9. The molecule has 0 radical (unpaired) electrons. The Bertz CT molecular complexity index is 722. The molecule has 0 fully saturated rings. The van der Waals surface area contributed by atoms with Crippen molar-refractivity contribution in [3.63, 3.8) is 0 Å². The molecule has 1 aromatic carbocycles. The van der Waals surface area contributed by atoms with Crippen molar-refractivity contribution in [3.8, 4) is 0 Å². The number of thioether (sulfide) groups is 1. The number of hydrogen-bond donors (Lipinski definition) is 2. The van der Waals surface area contributed by atoms with Gasteiger partial charge in [0.25, 0.3) is 5.91 Å². The lowest BCUT2D eigenvalue weighted by Gasteiger charge is -2.14. The maximum Gasteiger partial charge on any atom is 0.251 e. The van der Waals surface area contributed by atoms with Crippen molar-refractivity contribution < 1.29 is 9.59 Å². The van der Waals surface area contributed by atoms with Crippen LogP contribution in [0.1, 0.15) is 29.8 Å². The van der Waals surface area contributed by atoms with E-state index in [0.717, 1.165) is 5.56 Å². The molecule has 0 saturated heterocycles. The van der Waals surface area contributed by atoms with Crippen LogP contribution in [0.4, 0.5) is 5.69 Å². The Morgan fingerprint density at radius 2 is 1.96 bits per heavy atom. The van der Waals surface area contributed by atoms with Gasteiger partial charge in [0.05, 0.1) is 5.25 Å². The van der Waals surface area contributed by atoms with Crippen LogP contribution in [0, 0.1) is 6.92 Å². The fourth-order valence-corrected chi connectivity index (χ4v) is 2.68. The number of nitrogens with zero attached hydrogens (tertiary/aromatic N) is 2. The highest BCUT2D eigenvalue weighted by Gasteiger charge is 2.17. The molecule has 0 spiro atoms. The van der Waals surface area contributed by atoms with Gasteiger partial charge < -0.3 is 10.6 Å². The van der Waals surface area contributed by atoms with E-state index >= 15 is 0 Å². The van der Waals surface area contributed by atoms with Gasteiger partial charge in [-0.15, -0.1) is 0 Å². The van der Waals surface area contributed by atoms with Crippen molar-refractivity contribution in [1.82, 2.24) is 15.3 Å². The number of carbonyl (C=O) groups excluding carboxylic acids is 2. The van der Waals surface area contributed by atoms with Gasteiger partial charge in [-0.05, 0) is 44.5 Å². The Balaban J connectivity index is 2.07. The Labute approximate surface area is 145 Å². The standard InChI is InChI=1S/C17H20N4O2S/c1-4-18-16(23)13-7-6-11(2)14(10-13)21-15(22)12(3)24-17-19-8-5-9-20-17/h5-10,12H,4H2,1-3H3,(H,18,23)(H,21,22)/t12-/m0/s1. The van der Waals surface area contributed by atoms with Crippen LogP contribution < -0.4 is 10.6 Å². The third-order valence-corrected chi connectivity index (χ3v) is 4.28. The predicted molar refractivity (Wildman–Crippen MR) is 95.2 cm³/mol. The molecule has 1 aromatic heterocycles. The Morgan fingerprint density at radius 3 is 2.62 bits per heavy atom. The van der Waals surface area contributed by atoms with Crippen LogP contribution in [0.3, 0.4) is 0 Å². The minimum Gasteiger partial charge on any atom is -0.352 e. The lowest BCUT2D eigenvalue weighted by molar-refractivity contribution is -0.115. The first-order valence-electron chi connectivity index (χ1n) is 7.64. The maximum absolute atomic E-state index is 12.4. The van der Waals surface area contributed by atoms with E-state index in [1.54, 1.807) is 37.5 Å². The van der Waals surface area contributed by atoms with Crippen molar-refractivity contribution in [2.24, 2.45) is 0 Å². The van der Waals surface area contributed by atoms with Crippen molar-refractivity contribution in [2.45, 2.75) is 31.2 Å². The second kappa shape index (κ2) is 8.44. The SMILES string of the molecule is CCNC(=O)c1ccc(C)c(NC(=O)[C@H](C)Sc2ncccn2)c1. The molecule has 7 heteroatoms. The van der Waals surface area contributed by atoms with Crippen LogP contribution in [-0.4, -0.2) is 33.6 Å². The van der Waals surface area contributed by atoms with Gasteiger partial charge in [-0.1, -0.05) is 17.8 Å². The quantitative estimate of drug-likeness (QED) is 0.622. The summed E-state index contributed by atoms with van der Waals surface area (Å²) in [6.45, 7) is 6.09. The van der Waals surface area contributed by atoms with Gasteiger partial charge in [0.15, 0.2) is 5.16 Å². The lowest BCUT2D eigenvalue weighted by atomic mass is 10.1. The minimum atomic E-state index is -0.361. The number of benzene rings is 1. The van der Waals surface area contributed by atoms with E-state index in [1.807, 2.05) is 19.9 Å². The smallest absolute Gasteiger partial charge is 0.251 e. The van der Waals surface area contributed by atoms with Crippen molar-refractivity contribution >= 4 is 29.3 Å². The van der Waals surface area contributed by atoms with Gasteiger partial charge in [-0.2, -0.15) is 0 Å². The molecule has 0 aliphatic carbocycles. The van der Waals surface area contributed by atoms with Gasteiger partial charge in [-0.25, -0.2) is 9.97 Å². The van der Waals surface area contributed by atoms with E-state index in [1.165, 1.54) is 11.8 Å². The molecule has 0 saturated carbocycles. The highest BCUT2D eigenvalue weighted by Crippen LogP contribution is 2.22. The van der Waals surface area contributed by atoms with Crippen molar-refractivity contribution in [3.05, 3.63) is 47.8 Å². The van der Waals surface area contributed by atoms with Gasteiger partial charge >= 0.3 is 0 Å². The normalized spacial score (nSPS) is 11.6. The Kier molecular flexibility index (Phi) is 6.31. The van der Waals surface area contributed by atoms with Gasteiger partial charge in [0, 0.05) is 30.2 Å². The van der Waals surface area contributed by atoms with Crippen molar-refractivity contribution in [2.75, 3.05) is 11.9 Å². The Morgan fingerprint density at radius 1 is 1.25 bits per heavy atom. The number of hydrogen-bond acceptors (Lipinski definition) is 5. The van der Waals surface area contributed by atoms with Crippen molar-refractivity contribution in [1.29, 1.82) is 0 Å². The number of aromatic nitrogens is 2. The second-order valence-electron chi connectivity index (χ2n) is 5.17. The summed E-state index contributed by atoms with van der Waals surface area (Å²) in [5.74, 6) is -0.322. The summed E-state index contributed by atoms with van der Waals surface area (Å²) < 4.78 is 0. The van der Waals surface area contributed by atoms with Crippen LogP contribution in [0.15, 0.2) is 41.8 Å². The summed E-state index contributed by atoms with van der Waals surface area (Å²) in [5, 5.41) is 5.81. The summed E-state index contributed by atoms with van der Waals surface area (Å²) in [6.07, 6.45) is 3.28. The average molecular weight is 344 g/mol. The molecule has 1 atom stereocenters. The number of aryl methyl sites for hydroxylation is 1. The predicted octanol–water partition coefficient (Wildman–Crippen LogP) is 2.65. The number of anilines is 1. The van der Waals surface area contributed by atoms with E-state index in [9.17, 15) is 9.59 Å². The third kappa shape index (κ3) is 4.79. The van der Waals surface area contributed by atoms with Crippen LogP contribution >= 0.6 is 11.8 Å². The molecule has 0 bridgehead atoms. The van der Waals surface area contributed by atoms with E-state index < -0.39 is 0 Å². The monoisotopic (exact) mass is 344 g/mol. The van der Waals surface area contributed by atoms with Gasteiger partial charge in [-0.3, -0.25) is 9.59 Å². The number of nitrogens with one attached hydrogen (secondary N) is 2. The zero-order chi connectivity index (χ0) is 17.5. The first-order chi connectivity index (χ1) is 11.5. The minimum absolute atomic E-state index is 0.159. The molecule has 126 valence electrons. The summed E-state index contributed by atoms with van der Waals surface area (Å²) >= 11 is 1.28. The third-order valence-electron chi connectivity index (χ3n) is 3.29. The molecule has 1 heterocycles. The molecular weight excluding hydrogens is 324 g/mol. The average Bonchev–Trinajstić information content (AvgIpc) is 2.57. The topological polar surface area (TPSA) is 84.0 Å². The number of carbonyl (C=O) groups is 2. The highest BCUT2D eigenvalue weighted by molar-refractivity contribution is 8.00. The van der Waals surface area contributed by atoms with E-state index in [4.69, 9.17) is 0 Å².